The van der Waals surface area contributed by atoms with Crippen molar-refractivity contribution in [3.05, 3.63) is 23.4 Å². The summed E-state index contributed by atoms with van der Waals surface area (Å²) in [6, 6.07) is 1.55. The average Bonchev–Trinajstić information content (AvgIpc) is 3.64. The van der Waals surface area contributed by atoms with E-state index in [1.807, 2.05) is 15.7 Å². The molecule has 0 amide bonds. The van der Waals surface area contributed by atoms with Gasteiger partial charge in [-0.05, 0) is 62.5 Å². The summed E-state index contributed by atoms with van der Waals surface area (Å²) in [5.41, 5.74) is 0.160. The molecule has 1 N–H and O–H groups in total. The zero-order chi connectivity index (χ0) is 31.0. The maximum absolute atomic E-state index is 14.9. The van der Waals surface area contributed by atoms with Gasteiger partial charge in [0.15, 0.2) is 11.4 Å². The van der Waals surface area contributed by atoms with Crippen molar-refractivity contribution in [2.24, 2.45) is 7.05 Å². The monoisotopic (exact) mass is 647 g/mol. The Kier molecular flexibility index (Phi) is 7.31. The van der Waals surface area contributed by atoms with Crippen LogP contribution in [-0.2, 0) is 22.7 Å². The molecule has 0 spiro atoms. The fourth-order valence-corrected chi connectivity index (χ4v) is 7.78. The number of benzene rings is 1. The molecule has 0 aliphatic carbocycles. The minimum Gasteiger partial charge on any atom is -0.386 e. The van der Waals surface area contributed by atoms with Gasteiger partial charge in [0.1, 0.15) is 22.8 Å². The van der Waals surface area contributed by atoms with E-state index in [2.05, 4.69) is 5.10 Å². The highest BCUT2D eigenvalue weighted by Crippen LogP contribution is 2.48. The Bertz CT molecular complexity index is 1890. The average molecular weight is 648 g/mol. The zero-order valence-corrected chi connectivity index (χ0v) is 26.4. The van der Waals surface area contributed by atoms with E-state index in [-0.39, 0.29) is 36.2 Å². The second kappa shape index (κ2) is 10.8. The molecule has 7 rings (SSSR count). The number of halogens is 3. The Morgan fingerprint density at radius 3 is 2.75 bits per heavy atom. The molecule has 1 aromatic carbocycles. The first-order valence-corrected chi connectivity index (χ1v) is 16.4. The summed E-state index contributed by atoms with van der Waals surface area (Å²) in [5, 5.41) is 17.0. The summed E-state index contributed by atoms with van der Waals surface area (Å²) in [7, 11) is 1.80. The van der Waals surface area contributed by atoms with E-state index in [4.69, 9.17) is 23.8 Å². The topological polar surface area (TPSA) is 103 Å². The minimum atomic E-state index is -4.63. The summed E-state index contributed by atoms with van der Waals surface area (Å²) < 4.78 is 65.1. The van der Waals surface area contributed by atoms with Gasteiger partial charge in [-0.1, -0.05) is 11.8 Å². The lowest BCUT2D eigenvalue weighted by Gasteiger charge is -2.28. The van der Waals surface area contributed by atoms with Crippen molar-refractivity contribution < 1.29 is 27.8 Å². The summed E-state index contributed by atoms with van der Waals surface area (Å²) in [5.74, 6) is 0.596. The van der Waals surface area contributed by atoms with E-state index >= 15 is 0 Å². The van der Waals surface area contributed by atoms with Crippen molar-refractivity contribution in [2.75, 3.05) is 44.1 Å². The summed E-state index contributed by atoms with van der Waals surface area (Å²) in [6.07, 6.45) is 1.05. The Hall–Kier alpha value is -2.98. The SMILES string of the molecule is CSc1nc(N2CCOC[C@@](C)(O)C2)c2c3snc(-c4c(C(F)(F)F)c(C)cc5c4cnn5C4CCCCO4)c3n(C)c2n1. The molecule has 1 unspecified atom stereocenters. The molecule has 0 radical (unpaired) electrons. The van der Waals surface area contributed by atoms with Gasteiger partial charge in [0.05, 0.1) is 52.6 Å². The molecule has 2 aliphatic heterocycles. The fourth-order valence-electron chi connectivity index (χ4n) is 6.47. The van der Waals surface area contributed by atoms with Crippen molar-refractivity contribution in [3.8, 4) is 11.3 Å². The molecule has 0 saturated carbocycles. The number of aliphatic hydroxyl groups is 1. The van der Waals surface area contributed by atoms with Gasteiger partial charge in [-0.15, -0.1) is 0 Å². The summed E-state index contributed by atoms with van der Waals surface area (Å²) >= 11 is 2.50. The van der Waals surface area contributed by atoms with Crippen LogP contribution in [0.5, 0.6) is 0 Å². The molecule has 2 fully saturated rings. The number of ether oxygens (including phenoxy) is 2. The first-order valence-electron chi connectivity index (χ1n) is 14.4. The minimum absolute atomic E-state index is 0.00239. The highest BCUT2D eigenvalue weighted by atomic mass is 32.2. The second-order valence-electron chi connectivity index (χ2n) is 11.8. The van der Waals surface area contributed by atoms with Crippen LogP contribution in [0.1, 0.15) is 43.5 Å². The number of aryl methyl sites for hydroxylation is 2. The normalized spacial score (nSPS) is 22.0. The van der Waals surface area contributed by atoms with Gasteiger partial charge in [0, 0.05) is 31.1 Å². The number of alkyl halides is 3. The van der Waals surface area contributed by atoms with Crippen molar-refractivity contribution in [1.29, 1.82) is 0 Å². The molecule has 2 atom stereocenters. The van der Waals surface area contributed by atoms with Gasteiger partial charge in [0.2, 0.25) is 0 Å². The highest BCUT2D eigenvalue weighted by Gasteiger charge is 2.40. The van der Waals surface area contributed by atoms with E-state index in [1.165, 1.54) is 24.9 Å². The number of aromatic nitrogens is 6. The van der Waals surface area contributed by atoms with Gasteiger partial charge >= 0.3 is 6.18 Å². The molecule has 15 heteroatoms. The molecule has 234 valence electrons. The fraction of sp³-hybridized carbons (Fsp3) is 0.517. The van der Waals surface area contributed by atoms with Gasteiger partial charge in [-0.3, -0.25) is 0 Å². The van der Waals surface area contributed by atoms with Gasteiger partial charge in [-0.2, -0.15) is 22.6 Å². The van der Waals surface area contributed by atoms with Crippen molar-refractivity contribution in [1.82, 2.24) is 28.7 Å². The van der Waals surface area contributed by atoms with E-state index in [1.54, 1.807) is 24.7 Å². The third-order valence-corrected chi connectivity index (χ3v) is 9.78. The first-order chi connectivity index (χ1) is 21.0. The lowest BCUT2D eigenvalue weighted by atomic mass is 9.94. The van der Waals surface area contributed by atoms with Crippen LogP contribution in [-0.4, -0.2) is 78.6 Å². The van der Waals surface area contributed by atoms with Crippen LogP contribution in [0.3, 0.4) is 0 Å². The third kappa shape index (κ3) is 4.83. The van der Waals surface area contributed by atoms with Crippen LogP contribution in [0.4, 0.5) is 19.0 Å². The Balaban J connectivity index is 1.51. The van der Waals surface area contributed by atoms with Crippen molar-refractivity contribution >= 4 is 61.3 Å². The lowest BCUT2D eigenvalue weighted by Crippen LogP contribution is -2.42. The summed E-state index contributed by atoms with van der Waals surface area (Å²) in [4.78, 5) is 11.6. The lowest BCUT2D eigenvalue weighted by molar-refractivity contribution is -0.137. The molecule has 2 saturated heterocycles. The molecule has 6 heterocycles. The zero-order valence-electron chi connectivity index (χ0n) is 24.7. The van der Waals surface area contributed by atoms with Gasteiger partial charge < -0.3 is 24.0 Å². The maximum atomic E-state index is 14.9. The number of β-amino-alcohol motifs (C(OH)–C–C–N with tert-alkyl or cyclic N) is 1. The van der Waals surface area contributed by atoms with Crippen LogP contribution >= 0.6 is 23.3 Å². The molecule has 5 aromatic rings. The Morgan fingerprint density at radius 2 is 2.02 bits per heavy atom. The van der Waals surface area contributed by atoms with E-state index in [0.29, 0.717) is 62.9 Å². The van der Waals surface area contributed by atoms with Gasteiger partial charge in [-0.25, -0.2) is 14.6 Å². The number of nitrogens with zero attached hydrogens (tertiary/aromatic N) is 7. The molecule has 0 bridgehead atoms. The number of rotatable bonds is 4. The third-order valence-electron chi connectivity index (χ3n) is 8.38. The molecule has 4 aromatic heterocycles. The van der Waals surface area contributed by atoms with Crippen molar-refractivity contribution in [3.63, 3.8) is 0 Å². The molecular formula is C29H32F3N7O3S2. The predicted octanol–water partition coefficient (Wildman–Crippen LogP) is 5.93. The smallest absolute Gasteiger partial charge is 0.386 e. The van der Waals surface area contributed by atoms with Crippen LogP contribution in [0.2, 0.25) is 0 Å². The molecule has 10 nitrogen and oxygen atoms in total. The first kappa shape index (κ1) is 29.7. The van der Waals surface area contributed by atoms with E-state index in [0.717, 1.165) is 30.8 Å². The Labute approximate surface area is 259 Å². The number of fused-ring (bicyclic) bond motifs is 4. The number of thioether (sulfide) groups is 1. The van der Waals surface area contributed by atoms with Crippen LogP contribution in [0.25, 0.3) is 43.4 Å². The summed E-state index contributed by atoms with van der Waals surface area (Å²) in [6.45, 7) is 5.12. The Morgan fingerprint density at radius 1 is 1.20 bits per heavy atom. The highest BCUT2D eigenvalue weighted by molar-refractivity contribution is 7.98. The van der Waals surface area contributed by atoms with E-state index in [9.17, 15) is 18.3 Å². The van der Waals surface area contributed by atoms with Crippen LogP contribution in [0, 0.1) is 6.92 Å². The van der Waals surface area contributed by atoms with E-state index < -0.39 is 17.3 Å². The molecular weight excluding hydrogens is 615 g/mol. The quantitative estimate of drug-likeness (QED) is 0.188. The van der Waals surface area contributed by atoms with Crippen molar-refractivity contribution in [2.45, 2.75) is 56.3 Å². The largest absolute Gasteiger partial charge is 0.417 e. The second-order valence-corrected chi connectivity index (χ2v) is 13.3. The van der Waals surface area contributed by atoms with Crippen LogP contribution in [0.15, 0.2) is 17.4 Å². The number of hydrogen-bond acceptors (Lipinski definition) is 10. The molecule has 2 aliphatic rings. The van der Waals surface area contributed by atoms with Crippen LogP contribution < -0.4 is 4.90 Å². The number of hydrogen-bond donors (Lipinski definition) is 1. The predicted molar refractivity (Wildman–Crippen MR) is 164 cm³/mol. The maximum Gasteiger partial charge on any atom is 0.417 e. The standard InChI is InChI=1S/C29H32F3N7O3S2/c1-15-11-17-16(12-33-39(17)18-7-5-6-9-42-18)19(21(15)29(30,31)32)22-23-24(44-36-22)20-25(37(23)3)34-27(43-4)35-26(20)38-8-10-41-14-28(2,40)13-38/h11-12,18,40H,5-10,13-14H2,1-4H3/t18?,28-/m0/s1. The molecule has 44 heavy (non-hydrogen) atoms. The number of anilines is 1. The van der Waals surface area contributed by atoms with Gasteiger partial charge in [0.25, 0.3) is 0 Å².